The maximum atomic E-state index is 12.4. The Bertz CT molecular complexity index is 1240. The minimum absolute atomic E-state index is 0.0551. The standard InChI is InChI=1S/C21H14ClN3O4/c22-16-7-8-19(25(27)28)18(10-16)21(26)23-12-17-11-20(29-24-17)15-6-5-13-3-1-2-4-14(13)9-15/h1-11H,12H2,(H,23,26). The van der Waals surface area contributed by atoms with Gasteiger partial charge in [0.1, 0.15) is 11.3 Å². The van der Waals surface area contributed by atoms with Gasteiger partial charge in [-0.25, -0.2) is 0 Å². The molecule has 0 fully saturated rings. The highest BCUT2D eigenvalue weighted by Gasteiger charge is 2.20. The fourth-order valence-corrected chi connectivity index (χ4v) is 3.16. The van der Waals surface area contributed by atoms with Crippen molar-refractivity contribution < 1.29 is 14.2 Å². The highest BCUT2D eigenvalue weighted by atomic mass is 35.5. The number of halogens is 1. The molecular formula is C21H14ClN3O4. The zero-order chi connectivity index (χ0) is 20.4. The average molecular weight is 408 g/mol. The van der Waals surface area contributed by atoms with E-state index in [0.717, 1.165) is 16.3 Å². The molecule has 0 aliphatic rings. The molecule has 0 spiro atoms. The zero-order valence-corrected chi connectivity index (χ0v) is 15.7. The van der Waals surface area contributed by atoms with Gasteiger partial charge in [0.05, 0.1) is 11.5 Å². The summed E-state index contributed by atoms with van der Waals surface area (Å²) in [5.74, 6) is -0.0526. The lowest BCUT2D eigenvalue weighted by Crippen LogP contribution is -2.23. The second-order valence-corrected chi connectivity index (χ2v) is 6.78. The van der Waals surface area contributed by atoms with E-state index in [2.05, 4.69) is 10.5 Å². The van der Waals surface area contributed by atoms with Crippen molar-refractivity contribution in [2.45, 2.75) is 6.54 Å². The molecule has 144 valence electrons. The Labute approximate surface area is 170 Å². The molecule has 4 aromatic rings. The molecule has 4 rings (SSSR count). The lowest BCUT2D eigenvalue weighted by molar-refractivity contribution is -0.385. The van der Waals surface area contributed by atoms with Crippen LogP contribution < -0.4 is 5.32 Å². The second-order valence-electron chi connectivity index (χ2n) is 6.35. The summed E-state index contributed by atoms with van der Waals surface area (Å²) in [7, 11) is 0. The summed E-state index contributed by atoms with van der Waals surface area (Å²) in [4.78, 5) is 22.9. The van der Waals surface area contributed by atoms with Gasteiger partial charge in [0.25, 0.3) is 11.6 Å². The molecule has 1 heterocycles. The number of carbonyl (C=O) groups excluding carboxylic acids is 1. The van der Waals surface area contributed by atoms with Crippen LogP contribution in [0.5, 0.6) is 0 Å². The van der Waals surface area contributed by atoms with Gasteiger partial charge >= 0.3 is 0 Å². The molecule has 1 aromatic heterocycles. The lowest BCUT2D eigenvalue weighted by atomic mass is 10.1. The number of nitrogens with one attached hydrogen (secondary N) is 1. The Morgan fingerprint density at radius 2 is 1.86 bits per heavy atom. The quantitative estimate of drug-likeness (QED) is 0.371. The number of amides is 1. The molecule has 7 nitrogen and oxygen atoms in total. The molecule has 0 radical (unpaired) electrons. The fourth-order valence-electron chi connectivity index (χ4n) is 2.99. The van der Waals surface area contributed by atoms with E-state index in [-0.39, 0.29) is 22.8 Å². The third-order valence-electron chi connectivity index (χ3n) is 4.42. The highest BCUT2D eigenvalue weighted by molar-refractivity contribution is 6.31. The van der Waals surface area contributed by atoms with E-state index in [1.54, 1.807) is 6.07 Å². The van der Waals surface area contributed by atoms with Crippen molar-refractivity contribution in [3.8, 4) is 11.3 Å². The van der Waals surface area contributed by atoms with Gasteiger partial charge in [-0.3, -0.25) is 14.9 Å². The molecule has 0 aliphatic heterocycles. The van der Waals surface area contributed by atoms with E-state index in [1.165, 1.54) is 18.2 Å². The fraction of sp³-hybridized carbons (Fsp3) is 0.0476. The van der Waals surface area contributed by atoms with Crippen LogP contribution in [0.3, 0.4) is 0 Å². The van der Waals surface area contributed by atoms with Crippen molar-refractivity contribution >= 4 is 34.0 Å². The summed E-state index contributed by atoms with van der Waals surface area (Å²) in [6.45, 7) is 0.0551. The lowest BCUT2D eigenvalue weighted by Gasteiger charge is -2.04. The first-order valence-corrected chi connectivity index (χ1v) is 9.06. The smallest absolute Gasteiger partial charge is 0.282 e. The molecule has 29 heavy (non-hydrogen) atoms. The molecule has 3 aromatic carbocycles. The number of hydrogen-bond donors (Lipinski definition) is 1. The van der Waals surface area contributed by atoms with Crippen LogP contribution >= 0.6 is 11.6 Å². The van der Waals surface area contributed by atoms with E-state index in [9.17, 15) is 14.9 Å². The Morgan fingerprint density at radius 1 is 1.07 bits per heavy atom. The zero-order valence-electron chi connectivity index (χ0n) is 15.0. The molecular weight excluding hydrogens is 394 g/mol. The van der Waals surface area contributed by atoms with Crippen molar-refractivity contribution in [1.82, 2.24) is 10.5 Å². The minimum Gasteiger partial charge on any atom is -0.356 e. The average Bonchev–Trinajstić information content (AvgIpc) is 3.20. The number of nitro groups is 1. The molecule has 0 aliphatic carbocycles. The van der Waals surface area contributed by atoms with Crippen molar-refractivity contribution in [2.75, 3.05) is 0 Å². The van der Waals surface area contributed by atoms with Gasteiger partial charge in [0.15, 0.2) is 5.76 Å². The molecule has 0 bridgehead atoms. The van der Waals surface area contributed by atoms with Gasteiger partial charge in [0.2, 0.25) is 0 Å². The van der Waals surface area contributed by atoms with Gasteiger partial charge in [-0.05, 0) is 29.0 Å². The predicted molar refractivity (Wildman–Crippen MR) is 109 cm³/mol. The summed E-state index contributed by atoms with van der Waals surface area (Å²) in [5.41, 5.74) is 0.926. The van der Waals surface area contributed by atoms with E-state index < -0.39 is 10.8 Å². The molecule has 0 unspecified atom stereocenters. The summed E-state index contributed by atoms with van der Waals surface area (Å²) in [6.07, 6.45) is 0. The summed E-state index contributed by atoms with van der Waals surface area (Å²) in [5, 5.41) is 20.1. The molecule has 8 heteroatoms. The van der Waals surface area contributed by atoms with Crippen LogP contribution in [0, 0.1) is 10.1 Å². The predicted octanol–water partition coefficient (Wildman–Crippen LogP) is 4.99. The van der Waals surface area contributed by atoms with Gasteiger partial charge in [0, 0.05) is 22.7 Å². The van der Waals surface area contributed by atoms with E-state index in [0.29, 0.717) is 11.5 Å². The van der Waals surface area contributed by atoms with Crippen molar-refractivity contribution in [3.63, 3.8) is 0 Å². The van der Waals surface area contributed by atoms with E-state index >= 15 is 0 Å². The maximum Gasteiger partial charge on any atom is 0.282 e. The van der Waals surface area contributed by atoms with Crippen LogP contribution in [0.15, 0.2) is 71.3 Å². The number of benzene rings is 3. The van der Waals surface area contributed by atoms with Crippen LogP contribution in [-0.2, 0) is 6.54 Å². The van der Waals surface area contributed by atoms with Crippen LogP contribution in [0.2, 0.25) is 5.02 Å². The summed E-state index contributed by atoms with van der Waals surface area (Å²) in [6, 6.07) is 19.4. The van der Waals surface area contributed by atoms with Crippen LogP contribution in [0.4, 0.5) is 5.69 Å². The number of rotatable bonds is 5. The number of hydrogen-bond acceptors (Lipinski definition) is 5. The van der Waals surface area contributed by atoms with Gasteiger partial charge in [-0.15, -0.1) is 0 Å². The van der Waals surface area contributed by atoms with Crippen molar-refractivity contribution in [1.29, 1.82) is 0 Å². The third kappa shape index (κ3) is 3.95. The molecule has 1 N–H and O–H groups in total. The molecule has 0 saturated heterocycles. The normalized spacial score (nSPS) is 10.8. The minimum atomic E-state index is -0.626. The topological polar surface area (TPSA) is 98.3 Å². The monoisotopic (exact) mass is 407 g/mol. The van der Waals surface area contributed by atoms with Crippen LogP contribution in [0.1, 0.15) is 16.1 Å². The number of nitrogens with zero attached hydrogens (tertiary/aromatic N) is 2. The van der Waals surface area contributed by atoms with Gasteiger partial charge < -0.3 is 9.84 Å². The Morgan fingerprint density at radius 3 is 2.66 bits per heavy atom. The third-order valence-corrected chi connectivity index (χ3v) is 4.66. The van der Waals surface area contributed by atoms with Gasteiger partial charge in [-0.2, -0.15) is 0 Å². The highest BCUT2D eigenvalue weighted by Crippen LogP contribution is 2.26. The first-order chi connectivity index (χ1) is 14.0. The van der Waals surface area contributed by atoms with E-state index in [4.69, 9.17) is 16.1 Å². The Hall–Kier alpha value is -3.71. The van der Waals surface area contributed by atoms with Crippen molar-refractivity contribution in [2.24, 2.45) is 0 Å². The number of aromatic nitrogens is 1. The van der Waals surface area contributed by atoms with Crippen LogP contribution in [-0.4, -0.2) is 16.0 Å². The number of nitro benzene ring substituents is 1. The van der Waals surface area contributed by atoms with Crippen molar-refractivity contribution in [3.05, 3.63) is 93.1 Å². The number of carbonyl (C=O) groups is 1. The Kier molecular flexibility index (Phi) is 4.97. The van der Waals surface area contributed by atoms with Crippen LogP contribution in [0.25, 0.3) is 22.1 Å². The van der Waals surface area contributed by atoms with Gasteiger partial charge in [-0.1, -0.05) is 53.2 Å². The largest absolute Gasteiger partial charge is 0.356 e. The van der Waals surface area contributed by atoms with E-state index in [1.807, 2.05) is 42.5 Å². The summed E-state index contributed by atoms with van der Waals surface area (Å²) >= 11 is 5.87. The first-order valence-electron chi connectivity index (χ1n) is 8.68. The maximum absolute atomic E-state index is 12.4. The molecule has 1 amide bonds. The molecule has 0 saturated carbocycles. The Balaban J connectivity index is 1.50. The first kappa shape index (κ1) is 18.6. The SMILES string of the molecule is O=C(NCc1cc(-c2ccc3ccccc3c2)on1)c1cc(Cl)ccc1[N+](=O)[O-]. The number of fused-ring (bicyclic) bond motifs is 1. The molecule has 0 atom stereocenters. The second kappa shape index (κ2) is 7.73. The summed E-state index contributed by atoms with van der Waals surface area (Å²) < 4.78 is 5.39.